The van der Waals surface area contributed by atoms with Crippen molar-refractivity contribution in [2.45, 2.75) is 26.1 Å². The van der Waals surface area contributed by atoms with Crippen LogP contribution < -0.4 is 0 Å². The van der Waals surface area contributed by atoms with Crippen LogP contribution in [-0.2, 0) is 26.1 Å². The van der Waals surface area contributed by atoms with Crippen molar-refractivity contribution in [1.82, 2.24) is 4.90 Å². The zero-order valence-electron chi connectivity index (χ0n) is 10.3. The highest BCUT2D eigenvalue weighted by Crippen LogP contribution is 2.24. The summed E-state index contributed by atoms with van der Waals surface area (Å²) >= 11 is 1.88. The highest BCUT2D eigenvalue weighted by molar-refractivity contribution is 7.10. The fourth-order valence-electron chi connectivity index (χ4n) is 2.45. The molecule has 18 heavy (non-hydrogen) atoms. The Hall–Kier alpha value is -1.16. The Morgan fingerprint density at radius 1 is 1.11 bits per heavy atom. The van der Waals surface area contributed by atoms with Crippen LogP contribution in [0, 0.1) is 0 Å². The Balaban J connectivity index is 1.67. The van der Waals surface area contributed by atoms with E-state index >= 15 is 0 Å². The minimum atomic E-state index is 0.127. The molecule has 1 aromatic heterocycles. The molecule has 0 unspecified atom stereocenters. The largest absolute Gasteiger partial charge is 0.392 e. The van der Waals surface area contributed by atoms with Crippen LogP contribution in [0.5, 0.6) is 0 Å². The second kappa shape index (κ2) is 5.22. The number of hydrogen-bond acceptors (Lipinski definition) is 3. The van der Waals surface area contributed by atoms with Crippen molar-refractivity contribution in [2.24, 2.45) is 0 Å². The fourth-order valence-corrected chi connectivity index (χ4v) is 3.34. The van der Waals surface area contributed by atoms with Crippen molar-refractivity contribution in [3.63, 3.8) is 0 Å². The van der Waals surface area contributed by atoms with E-state index in [0.29, 0.717) is 0 Å². The first-order chi connectivity index (χ1) is 8.85. The molecular formula is C15H17NOS. The maximum Gasteiger partial charge on any atom is 0.0681 e. The van der Waals surface area contributed by atoms with Crippen LogP contribution in [0.1, 0.15) is 21.6 Å². The van der Waals surface area contributed by atoms with Gasteiger partial charge in [-0.1, -0.05) is 24.3 Å². The molecule has 0 aliphatic carbocycles. The first-order valence-electron chi connectivity index (χ1n) is 6.31. The summed E-state index contributed by atoms with van der Waals surface area (Å²) in [5.41, 5.74) is 3.81. The predicted molar refractivity (Wildman–Crippen MR) is 74.5 cm³/mol. The quantitative estimate of drug-likeness (QED) is 0.916. The summed E-state index contributed by atoms with van der Waals surface area (Å²) in [6.07, 6.45) is 1.18. The fraction of sp³-hybridized carbons (Fsp3) is 0.333. The van der Waals surface area contributed by atoms with Gasteiger partial charge in [0.15, 0.2) is 0 Å². The highest BCUT2D eigenvalue weighted by Gasteiger charge is 2.16. The van der Waals surface area contributed by atoms with Gasteiger partial charge < -0.3 is 5.11 Å². The zero-order chi connectivity index (χ0) is 12.4. The van der Waals surface area contributed by atoms with Crippen LogP contribution in [0.3, 0.4) is 0 Å². The first-order valence-corrected chi connectivity index (χ1v) is 7.19. The molecule has 1 aliphatic rings. The van der Waals surface area contributed by atoms with Crippen LogP contribution in [0.15, 0.2) is 35.7 Å². The van der Waals surface area contributed by atoms with Gasteiger partial charge in [-0.2, -0.15) is 0 Å². The lowest BCUT2D eigenvalue weighted by Gasteiger charge is -2.26. The van der Waals surface area contributed by atoms with E-state index in [1.54, 1.807) is 4.88 Å². The van der Waals surface area contributed by atoms with E-state index in [-0.39, 0.29) is 6.61 Å². The number of thiophene rings is 1. The lowest BCUT2D eigenvalue weighted by molar-refractivity contribution is 0.247. The van der Waals surface area contributed by atoms with Gasteiger partial charge in [0.05, 0.1) is 6.61 Å². The maximum absolute atomic E-state index is 9.03. The van der Waals surface area contributed by atoms with Crippen LogP contribution in [0.2, 0.25) is 0 Å². The van der Waals surface area contributed by atoms with E-state index in [0.717, 1.165) is 25.2 Å². The average Bonchev–Trinajstić information content (AvgIpc) is 2.87. The van der Waals surface area contributed by atoms with Crippen molar-refractivity contribution in [3.05, 3.63) is 57.3 Å². The third-order valence-electron chi connectivity index (χ3n) is 3.50. The molecule has 3 rings (SSSR count). The molecule has 0 saturated heterocycles. The molecule has 0 atom stereocenters. The molecule has 2 aromatic rings. The van der Waals surface area contributed by atoms with E-state index in [2.05, 4.69) is 28.5 Å². The number of aliphatic hydroxyl groups is 1. The normalized spacial score (nSPS) is 15.6. The maximum atomic E-state index is 9.03. The second-order valence-corrected chi connectivity index (χ2v) is 5.80. The van der Waals surface area contributed by atoms with E-state index in [9.17, 15) is 0 Å². The molecule has 0 spiro atoms. The Morgan fingerprint density at radius 3 is 2.67 bits per heavy atom. The number of nitrogens with zero attached hydrogens (tertiary/aromatic N) is 1. The van der Waals surface area contributed by atoms with Gasteiger partial charge in [0.1, 0.15) is 0 Å². The molecule has 2 nitrogen and oxygen atoms in total. The molecule has 0 amide bonds. The number of aliphatic hydroxyl groups excluding tert-OH is 1. The SMILES string of the molecule is OCc1ccc(CN2CCc3sccc3C2)cc1. The molecule has 3 heteroatoms. The second-order valence-electron chi connectivity index (χ2n) is 4.80. The van der Waals surface area contributed by atoms with Gasteiger partial charge in [-0.15, -0.1) is 11.3 Å². The van der Waals surface area contributed by atoms with Gasteiger partial charge in [-0.25, -0.2) is 0 Å². The van der Waals surface area contributed by atoms with Gasteiger partial charge in [0, 0.05) is 24.5 Å². The van der Waals surface area contributed by atoms with Crippen molar-refractivity contribution in [2.75, 3.05) is 6.54 Å². The van der Waals surface area contributed by atoms with Crippen LogP contribution in [0.4, 0.5) is 0 Å². The molecular weight excluding hydrogens is 242 g/mol. The van der Waals surface area contributed by atoms with E-state index < -0.39 is 0 Å². The molecule has 1 aliphatic heterocycles. The Morgan fingerprint density at radius 2 is 1.89 bits per heavy atom. The van der Waals surface area contributed by atoms with Crippen molar-refractivity contribution in [1.29, 1.82) is 0 Å². The Bertz CT molecular complexity index is 518. The van der Waals surface area contributed by atoms with E-state index in [1.807, 2.05) is 23.5 Å². The summed E-state index contributed by atoms with van der Waals surface area (Å²) in [6.45, 7) is 3.35. The molecule has 1 N–H and O–H groups in total. The van der Waals surface area contributed by atoms with Crippen LogP contribution in [0.25, 0.3) is 0 Å². The van der Waals surface area contributed by atoms with Crippen molar-refractivity contribution < 1.29 is 5.11 Å². The molecule has 2 heterocycles. The Kier molecular flexibility index (Phi) is 3.46. The molecule has 94 valence electrons. The highest BCUT2D eigenvalue weighted by atomic mass is 32.1. The lowest BCUT2D eigenvalue weighted by atomic mass is 10.1. The summed E-state index contributed by atoms with van der Waals surface area (Å²) in [5.74, 6) is 0. The summed E-state index contributed by atoms with van der Waals surface area (Å²) < 4.78 is 0. The number of benzene rings is 1. The Labute approximate surface area is 112 Å². The van der Waals surface area contributed by atoms with E-state index in [1.165, 1.54) is 17.5 Å². The predicted octanol–water partition coefficient (Wildman–Crippen LogP) is 2.80. The minimum Gasteiger partial charge on any atom is -0.392 e. The number of hydrogen-bond donors (Lipinski definition) is 1. The standard InChI is InChI=1S/C15H17NOS/c17-11-13-3-1-12(2-4-13)9-16-7-5-15-14(10-16)6-8-18-15/h1-4,6,8,17H,5,7,9-11H2. The molecule has 0 saturated carbocycles. The first kappa shape index (κ1) is 11.9. The minimum absolute atomic E-state index is 0.127. The van der Waals surface area contributed by atoms with Gasteiger partial charge in [-0.05, 0) is 34.6 Å². The number of rotatable bonds is 3. The monoisotopic (exact) mass is 259 g/mol. The molecule has 0 radical (unpaired) electrons. The van der Waals surface area contributed by atoms with Crippen LogP contribution in [-0.4, -0.2) is 16.6 Å². The topological polar surface area (TPSA) is 23.5 Å². The van der Waals surface area contributed by atoms with Gasteiger partial charge in [0.25, 0.3) is 0 Å². The van der Waals surface area contributed by atoms with Gasteiger partial charge in [0.2, 0.25) is 0 Å². The average molecular weight is 259 g/mol. The summed E-state index contributed by atoms with van der Waals surface area (Å²) in [5, 5.41) is 11.2. The molecule has 0 bridgehead atoms. The van der Waals surface area contributed by atoms with Crippen molar-refractivity contribution in [3.8, 4) is 0 Å². The molecule has 1 aromatic carbocycles. The summed E-state index contributed by atoms with van der Waals surface area (Å²) in [7, 11) is 0. The zero-order valence-corrected chi connectivity index (χ0v) is 11.1. The third kappa shape index (κ3) is 2.48. The van der Waals surface area contributed by atoms with Gasteiger partial charge >= 0.3 is 0 Å². The van der Waals surface area contributed by atoms with E-state index in [4.69, 9.17) is 5.11 Å². The summed E-state index contributed by atoms with van der Waals surface area (Å²) in [6, 6.07) is 10.5. The third-order valence-corrected chi connectivity index (χ3v) is 4.52. The van der Waals surface area contributed by atoms with Gasteiger partial charge in [-0.3, -0.25) is 4.90 Å². The smallest absolute Gasteiger partial charge is 0.0681 e. The number of fused-ring (bicyclic) bond motifs is 1. The van der Waals surface area contributed by atoms with Crippen molar-refractivity contribution >= 4 is 11.3 Å². The summed E-state index contributed by atoms with van der Waals surface area (Å²) in [4.78, 5) is 4.05. The lowest BCUT2D eigenvalue weighted by Crippen LogP contribution is -2.29. The van der Waals surface area contributed by atoms with Crippen LogP contribution >= 0.6 is 11.3 Å². The molecule has 0 fully saturated rings.